The summed E-state index contributed by atoms with van der Waals surface area (Å²) < 4.78 is 23.1. The van der Waals surface area contributed by atoms with Gasteiger partial charge in [-0.2, -0.15) is 0 Å². The van der Waals surface area contributed by atoms with Crippen molar-refractivity contribution in [2.24, 2.45) is 5.73 Å². The van der Waals surface area contributed by atoms with Gasteiger partial charge >= 0.3 is 0 Å². The number of aromatic nitrogens is 1. The third-order valence-electron chi connectivity index (χ3n) is 3.18. The highest BCUT2D eigenvalue weighted by atomic mass is 32.2. The molecule has 1 atom stereocenters. The van der Waals surface area contributed by atoms with Crippen LogP contribution in [0.25, 0.3) is 0 Å². The van der Waals surface area contributed by atoms with Crippen LogP contribution in [0.1, 0.15) is 24.9 Å². The predicted molar refractivity (Wildman–Crippen MR) is 72.3 cm³/mol. The van der Waals surface area contributed by atoms with E-state index in [4.69, 9.17) is 5.73 Å². The van der Waals surface area contributed by atoms with Crippen molar-refractivity contribution in [2.75, 3.05) is 29.5 Å². The number of hydrogen-bond acceptors (Lipinski definition) is 5. The lowest BCUT2D eigenvalue weighted by atomic mass is 10.1. The molecule has 0 amide bonds. The average Bonchev–Trinajstić information content (AvgIpc) is 2.50. The molecule has 5 nitrogen and oxygen atoms in total. The van der Waals surface area contributed by atoms with Gasteiger partial charge in [0.2, 0.25) is 0 Å². The molecular weight excluding hydrogens is 250 g/mol. The molecule has 1 saturated heterocycles. The van der Waals surface area contributed by atoms with Gasteiger partial charge in [-0.3, -0.25) is 0 Å². The maximum atomic E-state index is 11.5. The standard InChI is InChI=1S/C12H19N3O2S/c1-10(13)11-3-4-12(14-9-11)15-5-2-7-18(16,17)8-6-15/h3-4,9-10H,2,5-8,13H2,1H3. The van der Waals surface area contributed by atoms with Crippen molar-refractivity contribution in [1.29, 1.82) is 0 Å². The van der Waals surface area contributed by atoms with Crippen molar-refractivity contribution in [2.45, 2.75) is 19.4 Å². The smallest absolute Gasteiger partial charge is 0.152 e. The zero-order chi connectivity index (χ0) is 13.2. The minimum Gasteiger partial charge on any atom is -0.356 e. The van der Waals surface area contributed by atoms with Crippen LogP contribution in [-0.4, -0.2) is 38.0 Å². The second-order valence-corrected chi connectivity index (χ2v) is 7.03. The van der Waals surface area contributed by atoms with Gasteiger partial charge in [0.05, 0.1) is 11.5 Å². The van der Waals surface area contributed by atoms with E-state index in [0.717, 1.165) is 17.9 Å². The Morgan fingerprint density at radius 3 is 2.72 bits per heavy atom. The van der Waals surface area contributed by atoms with Gasteiger partial charge in [-0.25, -0.2) is 13.4 Å². The summed E-state index contributed by atoms with van der Waals surface area (Å²) in [5.74, 6) is 1.32. The predicted octanol–water partition coefficient (Wildman–Crippen LogP) is 0.726. The molecule has 0 aliphatic carbocycles. The topological polar surface area (TPSA) is 76.3 Å². The number of nitrogens with two attached hydrogens (primary N) is 1. The summed E-state index contributed by atoms with van der Waals surface area (Å²) in [5, 5.41) is 0. The van der Waals surface area contributed by atoms with Crippen molar-refractivity contribution in [3.05, 3.63) is 23.9 Å². The van der Waals surface area contributed by atoms with Gasteiger partial charge in [0.25, 0.3) is 0 Å². The summed E-state index contributed by atoms with van der Waals surface area (Å²) >= 11 is 0. The SMILES string of the molecule is CC(N)c1ccc(N2CCCS(=O)(=O)CC2)nc1. The van der Waals surface area contributed by atoms with Crippen LogP contribution in [-0.2, 0) is 9.84 Å². The van der Waals surface area contributed by atoms with Crippen LogP contribution in [0.3, 0.4) is 0 Å². The molecule has 0 bridgehead atoms. The zero-order valence-corrected chi connectivity index (χ0v) is 11.4. The summed E-state index contributed by atoms with van der Waals surface area (Å²) in [4.78, 5) is 6.39. The second-order valence-electron chi connectivity index (χ2n) is 4.73. The van der Waals surface area contributed by atoms with Crippen molar-refractivity contribution >= 4 is 15.7 Å². The number of sulfone groups is 1. The van der Waals surface area contributed by atoms with Gasteiger partial charge in [0, 0.05) is 25.3 Å². The third-order valence-corrected chi connectivity index (χ3v) is 4.89. The summed E-state index contributed by atoms with van der Waals surface area (Å²) in [6, 6.07) is 3.83. The van der Waals surface area contributed by atoms with Gasteiger partial charge in [-0.15, -0.1) is 0 Å². The van der Waals surface area contributed by atoms with E-state index in [1.807, 2.05) is 24.0 Å². The molecule has 0 aromatic carbocycles. The second kappa shape index (κ2) is 5.24. The molecule has 0 radical (unpaired) electrons. The highest BCUT2D eigenvalue weighted by molar-refractivity contribution is 7.91. The van der Waals surface area contributed by atoms with Gasteiger partial charge in [-0.05, 0) is 25.0 Å². The molecule has 6 heteroatoms. The Labute approximate surface area is 108 Å². The Hall–Kier alpha value is -1.14. The maximum absolute atomic E-state index is 11.5. The maximum Gasteiger partial charge on any atom is 0.152 e. The minimum absolute atomic E-state index is 0.0314. The first kappa shape index (κ1) is 13.3. The van der Waals surface area contributed by atoms with Crippen molar-refractivity contribution in [3.63, 3.8) is 0 Å². The lowest BCUT2D eigenvalue weighted by Crippen LogP contribution is -2.27. The highest BCUT2D eigenvalue weighted by Crippen LogP contribution is 2.17. The van der Waals surface area contributed by atoms with E-state index in [2.05, 4.69) is 4.98 Å². The molecule has 1 fully saturated rings. The van der Waals surface area contributed by atoms with E-state index in [1.165, 1.54) is 0 Å². The summed E-state index contributed by atoms with van der Waals surface area (Å²) in [6.45, 7) is 3.17. The quantitative estimate of drug-likeness (QED) is 0.856. The zero-order valence-electron chi connectivity index (χ0n) is 10.5. The molecule has 2 N–H and O–H groups in total. The van der Waals surface area contributed by atoms with Crippen LogP contribution in [0.15, 0.2) is 18.3 Å². The van der Waals surface area contributed by atoms with Gasteiger partial charge < -0.3 is 10.6 Å². The molecule has 2 heterocycles. The first-order chi connectivity index (χ1) is 8.48. The fourth-order valence-electron chi connectivity index (χ4n) is 2.02. The summed E-state index contributed by atoms with van der Waals surface area (Å²) in [6.07, 6.45) is 2.43. The van der Waals surface area contributed by atoms with Crippen molar-refractivity contribution < 1.29 is 8.42 Å². The molecule has 18 heavy (non-hydrogen) atoms. The van der Waals surface area contributed by atoms with Crippen LogP contribution >= 0.6 is 0 Å². The van der Waals surface area contributed by atoms with Gasteiger partial charge in [0.1, 0.15) is 5.82 Å². The molecule has 1 aliphatic rings. The van der Waals surface area contributed by atoms with E-state index < -0.39 is 9.84 Å². The first-order valence-corrected chi connectivity index (χ1v) is 7.97. The molecule has 1 aliphatic heterocycles. The van der Waals surface area contributed by atoms with Gasteiger partial charge in [0.15, 0.2) is 9.84 Å². The van der Waals surface area contributed by atoms with Crippen LogP contribution in [0.5, 0.6) is 0 Å². The lowest BCUT2D eigenvalue weighted by Gasteiger charge is -2.21. The highest BCUT2D eigenvalue weighted by Gasteiger charge is 2.19. The van der Waals surface area contributed by atoms with E-state index in [0.29, 0.717) is 13.0 Å². The molecule has 0 saturated carbocycles. The van der Waals surface area contributed by atoms with Crippen molar-refractivity contribution in [3.8, 4) is 0 Å². The Balaban J connectivity index is 2.12. The minimum atomic E-state index is -2.87. The Morgan fingerprint density at radius 1 is 1.33 bits per heavy atom. The molecule has 1 unspecified atom stereocenters. The number of pyridine rings is 1. The molecule has 1 aromatic rings. The molecule has 100 valence electrons. The Morgan fingerprint density at radius 2 is 2.11 bits per heavy atom. The Bertz CT molecular complexity index is 497. The number of nitrogens with zero attached hydrogens (tertiary/aromatic N) is 2. The van der Waals surface area contributed by atoms with E-state index in [9.17, 15) is 8.42 Å². The number of rotatable bonds is 2. The van der Waals surface area contributed by atoms with Gasteiger partial charge in [-0.1, -0.05) is 6.07 Å². The Kier molecular flexibility index (Phi) is 3.87. The van der Waals surface area contributed by atoms with E-state index in [-0.39, 0.29) is 17.5 Å². The third kappa shape index (κ3) is 3.20. The number of hydrogen-bond donors (Lipinski definition) is 1. The molecule has 0 spiro atoms. The van der Waals surface area contributed by atoms with Crippen LogP contribution in [0, 0.1) is 0 Å². The number of anilines is 1. The normalized spacial score (nSPS) is 21.3. The lowest BCUT2D eigenvalue weighted by molar-refractivity contribution is 0.597. The molecule has 2 rings (SSSR count). The first-order valence-electron chi connectivity index (χ1n) is 6.15. The van der Waals surface area contributed by atoms with E-state index >= 15 is 0 Å². The molecular formula is C12H19N3O2S. The van der Waals surface area contributed by atoms with Crippen LogP contribution in [0.4, 0.5) is 5.82 Å². The average molecular weight is 269 g/mol. The summed E-state index contributed by atoms with van der Waals surface area (Å²) in [5.41, 5.74) is 6.76. The molecule has 1 aromatic heterocycles. The van der Waals surface area contributed by atoms with Crippen LogP contribution < -0.4 is 10.6 Å². The summed E-state index contributed by atoms with van der Waals surface area (Å²) in [7, 11) is -2.87. The van der Waals surface area contributed by atoms with E-state index in [1.54, 1.807) is 6.20 Å². The van der Waals surface area contributed by atoms with Crippen LogP contribution in [0.2, 0.25) is 0 Å². The fraction of sp³-hybridized carbons (Fsp3) is 0.583. The van der Waals surface area contributed by atoms with Crippen molar-refractivity contribution in [1.82, 2.24) is 4.98 Å². The monoisotopic (exact) mass is 269 g/mol. The largest absolute Gasteiger partial charge is 0.356 e. The fourth-order valence-corrected chi connectivity index (χ4v) is 3.29.